The number of aromatic amines is 1. The number of urea groups is 1. The number of aromatic nitrogens is 3. The van der Waals surface area contributed by atoms with Crippen LogP contribution in [-0.2, 0) is 4.79 Å². The molecule has 0 aromatic carbocycles. The summed E-state index contributed by atoms with van der Waals surface area (Å²) in [5.74, 6) is 0.516. The zero-order valence-corrected chi connectivity index (χ0v) is 12.0. The second-order valence-electron chi connectivity index (χ2n) is 4.27. The second-order valence-corrected chi connectivity index (χ2v) is 5.39. The maximum atomic E-state index is 12.1. The third kappa shape index (κ3) is 3.50. The quantitative estimate of drug-likeness (QED) is 0.451. The lowest BCUT2D eigenvalue weighted by Gasteiger charge is -2.25. The first-order valence-corrected chi connectivity index (χ1v) is 7.11. The first-order chi connectivity index (χ1) is 9.58. The lowest BCUT2D eigenvalue weighted by molar-refractivity contribution is -0.117. The van der Waals surface area contributed by atoms with Crippen LogP contribution in [0, 0.1) is 0 Å². The van der Waals surface area contributed by atoms with Crippen molar-refractivity contribution in [1.82, 2.24) is 31.4 Å². The maximum Gasteiger partial charge on any atom is 0.319 e. The molecule has 2 heterocycles. The molecule has 0 saturated heterocycles. The fourth-order valence-electron chi connectivity index (χ4n) is 1.91. The van der Waals surface area contributed by atoms with Gasteiger partial charge < -0.3 is 16.0 Å². The number of rotatable bonds is 5. The summed E-state index contributed by atoms with van der Waals surface area (Å²) in [4.78, 5) is 23.3. The Kier molecular flexibility index (Phi) is 4.61. The number of hydrogen-bond donors (Lipinski definition) is 4. The Hall–Kier alpha value is -2.03. The van der Waals surface area contributed by atoms with Crippen molar-refractivity contribution in [2.24, 2.45) is 0 Å². The highest BCUT2D eigenvalue weighted by atomic mass is 32.2. The Bertz CT molecular complexity index is 527. The van der Waals surface area contributed by atoms with Gasteiger partial charge in [-0.3, -0.25) is 4.79 Å². The van der Waals surface area contributed by atoms with E-state index >= 15 is 0 Å². The molecule has 1 atom stereocenters. The van der Waals surface area contributed by atoms with Crippen LogP contribution in [0.4, 0.5) is 4.79 Å². The van der Waals surface area contributed by atoms with Crippen LogP contribution in [0.3, 0.4) is 0 Å². The lowest BCUT2D eigenvalue weighted by atomic mass is 10.0. The molecule has 0 radical (unpaired) electrons. The SMILES string of the molecule is CC1=C(C(=O)NCCSc2cn[nH]n2)[C@@H](C)NC(=O)N1. The maximum absolute atomic E-state index is 12.1. The first kappa shape index (κ1) is 14.4. The molecule has 3 amide bonds. The van der Waals surface area contributed by atoms with Crippen LogP contribution < -0.4 is 16.0 Å². The summed E-state index contributed by atoms with van der Waals surface area (Å²) in [6.45, 7) is 4.00. The van der Waals surface area contributed by atoms with Crippen molar-refractivity contribution >= 4 is 23.7 Å². The number of hydrogen-bond acceptors (Lipinski definition) is 5. The molecule has 0 aliphatic carbocycles. The van der Waals surface area contributed by atoms with Crippen LogP contribution >= 0.6 is 11.8 Å². The Morgan fingerprint density at radius 3 is 3.00 bits per heavy atom. The van der Waals surface area contributed by atoms with E-state index in [0.29, 0.717) is 23.6 Å². The summed E-state index contributed by atoms with van der Waals surface area (Å²) in [7, 11) is 0. The van der Waals surface area contributed by atoms with Gasteiger partial charge in [0.2, 0.25) is 0 Å². The van der Waals surface area contributed by atoms with Gasteiger partial charge in [0.25, 0.3) is 5.91 Å². The minimum absolute atomic E-state index is 0.178. The number of H-pyrrole nitrogens is 1. The summed E-state index contributed by atoms with van der Waals surface area (Å²) in [6, 6.07) is -0.583. The average molecular weight is 296 g/mol. The Labute approximate surface area is 120 Å². The van der Waals surface area contributed by atoms with Gasteiger partial charge in [0.1, 0.15) is 5.03 Å². The molecule has 1 aliphatic heterocycles. The van der Waals surface area contributed by atoms with Crippen molar-refractivity contribution in [2.75, 3.05) is 12.3 Å². The molecule has 20 heavy (non-hydrogen) atoms. The van der Waals surface area contributed by atoms with Crippen LogP contribution in [0.15, 0.2) is 22.5 Å². The summed E-state index contributed by atoms with van der Waals surface area (Å²) in [5, 5.41) is 19.0. The molecule has 0 saturated carbocycles. The predicted octanol–water partition coefficient (Wildman–Crippen LogP) is -0.0117. The van der Waals surface area contributed by atoms with E-state index in [4.69, 9.17) is 0 Å². The van der Waals surface area contributed by atoms with E-state index in [0.717, 1.165) is 5.03 Å². The molecule has 1 aliphatic rings. The third-order valence-corrected chi connectivity index (χ3v) is 3.66. The molecule has 0 bridgehead atoms. The standard InChI is InChI=1S/C11H16N6O2S/c1-6-9(7(2)15-11(19)14-6)10(18)12-3-4-20-8-5-13-17-16-8/h5-6H,3-4H2,1-2H3,(H,12,18)(H,13,16,17)(H2,14,15,19)/t6-/m1/s1. The van der Waals surface area contributed by atoms with Crippen molar-refractivity contribution in [3.8, 4) is 0 Å². The smallest absolute Gasteiger partial charge is 0.319 e. The zero-order chi connectivity index (χ0) is 14.5. The van der Waals surface area contributed by atoms with Crippen LogP contribution in [0.25, 0.3) is 0 Å². The Balaban J connectivity index is 1.82. The minimum atomic E-state index is -0.299. The molecule has 2 rings (SSSR count). The molecule has 0 spiro atoms. The van der Waals surface area contributed by atoms with Crippen molar-refractivity contribution in [3.05, 3.63) is 17.5 Å². The molecule has 1 aromatic rings. The van der Waals surface area contributed by atoms with Gasteiger partial charge in [-0.2, -0.15) is 10.3 Å². The summed E-state index contributed by atoms with van der Waals surface area (Å²) in [6.07, 6.45) is 1.63. The molecule has 4 N–H and O–H groups in total. The molecule has 9 heteroatoms. The highest BCUT2D eigenvalue weighted by Crippen LogP contribution is 2.13. The third-order valence-electron chi connectivity index (χ3n) is 2.76. The number of amides is 3. The van der Waals surface area contributed by atoms with E-state index in [1.54, 1.807) is 20.0 Å². The van der Waals surface area contributed by atoms with Gasteiger partial charge in [-0.25, -0.2) is 4.79 Å². The topological polar surface area (TPSA) is 112 Å². The largest absolute Gasteiger partial charge is 0.351 e. The van der Waals surface area contributed by atoms with E-state index in [2.05, 4.69) is 31.4 Å². The van der Waals surface area contributed by atoms with Gasteiger partial charge in [0.05, 0.1) is 17.8 Å². The average Bonchev–Trinajstić information content (AvgIpc) is 2.86. The van der Waals surface area contributed by atoms with Crippen LogP contribution in [0.1, 0.15) is 13.8 Å². The van der Waals surface area contributed by atoms with E-state index in [-0.39, 0.29) is 18.0 Å². The second kappa shape index (κ2) is 6.42. The summed E-state index contributed by atoms with van der Waals surface area (Å²) in [5.41, 5.74) is 1.14. The number of nitrogens with zero attached hydrogens (tertiary/aromatic N) is 2. The van der Waals surface area contributed by atoms with Gasteiger partial charge in [-0.05, 0) is 13.8 Å². The number of allylic oxidation sites excluding steroid dienone is 1. The van der Waals surface area contributed by atoms with E-state index in [9.17, 15) is 9.59 Å². The van der Waals surface area contributed by atoms with Crippen molar-refractivity contribution < 1.29 is 9.59 Å². The van der Waals surface area contributed by atoms with Crippen molar-refractivity contribution in [3.63, 3.8) is 0 Å². The fourth-order valence-corrected chi connectivity index (χ4v) is 2.56. The van der Waals surface area contributed by atoms with E-state index in [1.165, 1.54) is 11.8 Å². The molecule has 8 nitrogen and oxygen atoms in total. The van der Waals surface area contributed by atoms with E-state index < -0.39 is 0 Å². The predicted molar refractivity (Wildman–Crippen MR) is 73.9 cm³/mol. The fraction of sp³-hybridized carbons (Fsp3) is 0.455. The monoisotopic (exact) mass is 296 g/mol. The minimum Gasteiger partial charge on any atom is -0.351 e. The number of carbonyl (C=O) groups is 2. The van der Waals surface area contributed by atoms with Gasteiger partial charge >= 0.3 is 6.03 Å². The first-order valence-electron chi connectivity index (χ1n) is 6.13. The normalized spacial score (nSPS) is 18.5. The lowest BCUT2D eigenvalue weighted by Crippen LogP contribution is -2.50. The highest BCUT2D eigenvalue weighted by molar-refractivity contribution is 7.99. The van der Waals surface area contributed by atoms with Crippen LogP contribution in [0.5, 0.6) is 0 Å². The van der Waals surface area contributed by atoms with Gasteiger partial charge in [0.15, 0.2) is 0 Å². The molecule has 0 fully saturated rings. The van der Waals surface area contributed by atoms with Gasteiger partial charge in [0, 0.05) is 18.0 Å². The summed E-state index contributed by atoms with van der Waals surface area (Å²) >= 11 is 1.50. The van der Waals surface area contributed by atoms with Crippen molar-refractivity contribution in [2.45, 2.75) is 24.9 Å². The van der Waals surface area contributed by atoms with Crippen LogP contribution in [-0.4, -0.2) is 45.7 Å². The Morgan fingerprint density at radius 1 is 1.55 bits per heavy atom. The number of carbonyl (C=O) groups excluding carboxylic acids is 2. The summed E-state index contributed by atoms with van der Waals surface area (Å²) < 4.78 is 0. The number of thioether (sulfide) groups is 1. The molecule has 1 aromatic heterocycles. The molecular weight excluding hydrogens is 280 g/mol. The Morgan fingerprint density at radius 2 is 2.35 bits per heavy atom. The molecular formula is C11H16N6O2S. The molecule has 0 unspecified atom stereocenters. The van der Waals surface area contributed by atoms with Gasteiger partial charge in [-0.15, -0.1) is 16.9 Å². The highest BCUT2D eigenvalue weighted by Gasteiger charge is 2.26. The van der Waals surface area contributed by atoms with Gasteiger partial charge in [-0.1, -0.05) is 0 Å². The number of nitrogens with one attached hydrogen (secondary N) is 4. The zero-order valence-electron chi connectivity index (χ0n) is 11.2. The molecule has 108 valence electrons. The van der Waals surface area contributed by atoms with Crippen molar-refractivity contribution in [1.29, 1.82) is 0 Å². The van der Waals surface area contributed by atoms with Crippen LogP contribution in [0.2, 0.25) is 0 Å². The van der Waals surface area contributed by atoms with E-state index in [1.807, 2.05) is 0 Å².